The van der Waals surface area contributed by atoms with Gasteiger partial charge in [0.05, 0.1) is 4.29 Å². The first-order valence-corrected chi connectivity index (χ1v) is 4.11. The second-order valence-electron chi connectivity index (χ2n) is 1.26. The number of rotatable bonds is 3. The van der Waals surface area contributed by atoms with Crippen LogP contribution in [0, 0.1) is 6.32 Å². The molecule has 0 aliphatic rings. The Morgan fingerprint density at radius 3 is 2.57 bits per heavy atom. The first-order chi connectivity index (χ1) is 3.27. The van der Waals surface area contributed by atoms with Gasteiger partial charge in [0.1, 0.15) is 0 Å². The van der Waals surface area contributed by atoms with Gasteiger partial charge in [0.15, 0.2) is 0 Å². The molecule has 1 nitrogen and oxygen atoms in total. The molecule has 0 aromatic carbocycles. The van der Waals surface area contributed by atoms with E-state index in [-0.39, 0.29) is 0 Å². The standard InChI is InChI=1S/C3H9BINP/c5-4(7)2-1-3-6/h2H,1,3,6-7H2/q-1. The highest BCUT2D eigenvalue weighted by atomic mass is 127. The van der Waals surface area contributed by atoms with E-state index < -0.39 is 0 Å². The highest BCUT2D eigenvalue weighted by Crippen LogP contribution is 2.07. The Hall–Kier alpha value is 1.18. The van der Waals surface area contributed by atoms with Crippen LogP contribution in [0.25, 0.3) is 0 Å². The van der Waals surface area contributed by atoms with Crippen LogP contribution in [0.3, 0.4) is 0 Å². The molecule has 4 heteroatoms. The molecule has 0 amide bonds. The zero-order chi connectivity index (χ0) is 5.70. The van der Waals surface area contributed by atoms with Crippen molar-refractivity contribution in [3.8, 4) is 0 Å². The van der Waals surface area contributed by atoms with Crippen molar-refractivity contribution in [1.82, 2.24) is 0 Å². The molecule has 0 saturated heterocycles. The predicted octanol–water partition coefficient (Wildman–Crippen LogP) is 0.877. The van der Waals surface area contributed by atoms with E-state index in [0.29, 0.717) is 4.29 Å². The lowest BCUT2D eigenvalue weighted by atomic mass is 10.00. The summed E-state index contributed by atoms with van der Waals surface area (Å²) in [5.41, 5.74) is 5.23. The van der Waals surface area contributed by atoms with Crippen molar-refractivity contribution in [2.75, 3.05) is 6.54 Å². The van der Waals surface area contributed by atoms with Crippen LogP contribution in [0.2, 0.25) is 0 Å². The van der Waals surface area contributed by atoms with E-state index in [4.69, 9.17) is 5.73 Å². The van der Waals surface area contributed by atoms with Crippen LogP contribution < -0.4 is 5.73 Å². The van der Waals surface area contributed by atoms with Gasteiger partial charge in [0, 0.05) is 0 Å². The normalized spacial score (nSPS) is 9.00. The summed E-state index contributed by atoms with van der Waals surface area (Å²) in [6.45, 7) is 0.772. The fourth-order valence-corrected chi connectivity index (χ4v) is 0.807. The topological polar surface area (TPSA) is 26.0 Å². The van der Waals surface area contributed by atoms with Crippen LogP contribution in [0.1, 0.15) is 6.42 Å². The number of hydrogen-bond donors (Lipinski definition) is 1. The van der Waals surface area contributed by atoms with Gasteiger partial charge in [0.25, 0.3) is 0 Å². The third kappa shape index (κ3) is 7.18. The van der Waals surface area contributed by atoms with Crippen LogP contribution >= 0.6 is 31.5 Å². The van der Waals surface area contributed by atoms with Crippen molar-refractivity contribution in [3.63, 3.8) is 0 Å². The third-order valence-corrected chi connectivity index (χ3v) is 1.34. The molecule has 0 heterocycles. The molecule has 0 radical (unpaired) electrons. The molecule has 0 rings (SSSR count). The number of halogens is 1. The zero-order valence-electron chi connectivity index (χ0n) is 4.10. The second kappa shape index (κ2) is 5.32. The van der Waals surface area contributed by atoms with Crippen molar-refractivity contribution in [3.05, 3.63) is 6.32 Å². The van der Waals surface area contributed by atoms with Crippen LogP contribution in [-0.2, 0) is 0 Å². The molecule has 1 atom stereocenters. The molecule has 0 aromatic rings. The van der Waals surface area contributed by atoms with Gasteiger partial charge in [-0.05, 0) is 6.54 Å². The summed E-state index contributed by atoms with van der Waals surface area (Å²) >= 11 is 2.32. The van der Waals surface area contributed by atoms with Crippen molar-refractivity contribution in [2.45, 2.75) is 6.42 Å². The van der Waals surface area contributed by atoms with Crippen molar-refractivity contribution >= 4 is 35.8 Å². The van der Waals surface area contributed by atoms with E-state index in [1.807, 2.05) is 0 Å². The summed E-state index contributed by atoms with van der Waals surface area (Å²) < 4.78 is 0.584. The first-order valence-electron chi connectivity index (χ1n) is 2.20. The molecule has 2 N–H and O–H groups in total. The lowest BCUT2D eigenvalue weighted by Gasteiger charge is -2.07. The second-order valence-corrected chi connectivity index (χ2v) is 4.77. The molecule has 0 aromatic heterocycles. The molecule has 0 saturated carbocycles. The van der Waals surface area contributed by atoms with Crippen molar-refractivity contribution in [2.24, 2.45) is 5.73 Å². The fraction of sp³-hybridized carbons (Fsp3) is 0.667. The molecule has 0 spiro atoms. The molecule has 0 aliphatic heterocycles. The van der Waals surface area contributed by atoms with E-state index in [2.05, 4.69) is 37.8 Å². The Labute approximate surface area is 60.9 Å². The highest BCUT2D eigenvalue weighted by molar-refractivity contribution is 14.1. The summed E-state index contributed by atoms with van der Waals surface area (Å²) in [6.07, 6.45) is 3.20. The molecule has 0 aliphatic carbocycles. The quantitative estimate of drug-likeness (QED) is 0.330. The Morgan fingerprint density at radius 2 is 2.43 bits per heavy atom. The van der Waals surface area contributed by atoms with Gasteiger partial charge in [0.2, 0.25) is 0 Å². The minimum Gasteiger partial charge on any atom is -0.334 e. The van der Waals surface area contributed by atoms with Crippen molar-refractivity contribution in [1.29, 1.82) is 0 Å². The summed E-state index contributed by atoms with van der Waals surface area (Å²) in [7, 11) is 2.68. The molecule has 1 unspecified atom stereocenters. The van der Waals surface area contributed by atoms with E-state index in [1.165, 1.54) is 0 Å². The van der Waals surface area contributed by atoms with Crippen LogP contribution in [-0.4, -0.2) is 10.8 Å². The number of hydrogen-bond acceptors (Lipinski definition) is 1. The van der Waals surface area contributed by atoms with Gasteiger partial charge in [-0.2, -0.15) is 37.9 Å². The largest absolute Gasteiger partial charge is 0.334 e. The van der Waals surface area contributed by atoms with Crippen LogP contribution in [0.4, 0.5) is 0 Å². The zero-order valence-corrected chi connectivity index (χ0v) is 7.41. The third-order valence-electron chi connectivity index (χ3n) is 0.559. The van der Waals surface area contributed by atoms with Gasteiger partial charge >= 0.3 is 0 Å². The Bertz CT molecular complexity index is 43.9. The first kappa shape index (κ1) is 8.18. The maximum atomic E-state index is 5.23. The van der Waals surface area contributed by atoms with E-state index in [1.54, 1.807) is 0 Å². The Balaban J connectivity index is 2.68. The summed E-state index contributed by atoms with van der Waals surface area (Å²) in [5, 5.41) is 0. The Morgan fingerprint density at radius 1 is 1.86 bits per heavy atom. The monoisotopic (exact) mass is 228 g/mol. The minimum atomic E-state index is 0.584. The number of nitrogens with two attached hydrogens (primary N) is 1. The summed E-state index contributed by atoms with van der Waals surface area (Å²) in [6, 6.07) is 0. The van der Waals surface area contributed by atoms with Gasteiger partial charge in [-0.15, -0.1) is 0 Å². The lowest BCUT2D eigenvalue weighted by molar-refractivity contribution is 0.990. The fourth-order valence-electron chi connectivity index (χ4n) is 0.255. The smallest absolute Gasteiger partial charge is 0.0764 e. The minimum absolute atomic E-state index is 0.584. The van der Waals surface area contributed by atoms with E-state index in [9.17, 15) is 0 Å². The average molecular weight is 228 g/mol. The predicted molar refractivity (Wildman–Crippen MR) is 47.5 cm³/mol. The van der Waals surface area contributed by atoms with Gasteiger partial charge in [-0.25, -0.2) is 0 Å². The SMILES string of the molecule is NCC[CH-]B(P)I. The molecule has 0 bridgehead atoms. The maximum absolute atomic E-state index is 5.23. The molecular weight excluding hydrogens is 219 g/mol. The van der Waals surface area contributed by atoms with E-state index >= 15 is 0 Å². The molecule has 7 heavy (non-hydrogen) atoms. The molecule has 0 fully saturated rings. The highest BCUT2D eigenvalue weighted by Gasteiger charge is 1.82. The van der Waals surface area contributed by atoms with Gasteiger partial charge in [-0.1, -0.05) is 0 Å². The summed E-state index contributed by atoms with van der Waals surface area (Å²) in [5.74, 6) is 0. The molecular formula is C3H9BINP-. The van der Waals surface area contributed by atoms with Crippen LogP contribution in [0.5, 0.6) is 0 Å². The molecule has 42 valence electrons. The van der Waals surface area contributed by atoms with Gasteiger partial charge < -0.3 is 12.1 Å². The summed E-state index contributed by atoms with van der Waals surface area (Å²) in [4.78, 5) is 0. The van der Waals surface area contributed by atoms with Crippen molar-refractivity contribution < 1.29 is 0 Å². The maximum Gasteiger partial charge on any atom is 0.0764 e. The van der Waals surface area contributed by atoms with Gasteiger partial charge in [-0.3, -0.25) is 0 Å². The average Bonchev–Trinajstić information content (AvgIpc) is 1.61. The lowest BCUT2D eigenvalue weighted by Crippen LogP contribution is -2.02. The van der Waals surface area contributed by atoms with E-state index in [0.717, 1.165) is 13.0 Å². The Kier molecular flexibility index (Phi) is 6.23. The van der Waals surface area contributed by atoms with Crippen LogP contribution in [0.15, 0.2) is 0 Å².